The third-order valence-corrected chi connectivity index (χ3v) is 8.57. The van der Waals surface area contributed by atoms with Crippen LogP contribution in [-0.2, 0) is 41.6 Å². The van der Waals surface area contributed by atoms with Crippen LogP contribution in [0.2, 0.25) is 0 Å². The average Bonchev–Trinajstić information content (AvgIpc) is 3.17. The van der Waals surface area contributed by atoms with Gasteiger partial charge in [-0.25, -0.2) is 9.59 Å². The molecule has 1 aliphatic heterocycles. The Kier molecular flexibility index (Phi) is 16.7. The molecule has 296 valence electrons. The number of rotatable bonds is 22. The van der Waals surface area contributed by atoms with Crippen LogP contribution >= 0.6 is 0 Å². The Bertz CT molecular complexity index is 1810. The second kappa shape index (κ2) is 21.6. The third kappa shape index (κ3) is 13.2. The molecule has 0 radical (unpaired) electrons. The van der Waals surface area contributed by atoms with Crippen molar-refractivity contribution >= 4 is 17.6 Å². The number of hydrogen-bond acceptors (Lipinski definition) is 13. The Balaban J connectivity index is 1.20. The van der Waals surface area contributed by atoms with E-state index in [0.29, 0.717) is 67.8 Å². The van der Waals surface area contributed by atoms with Gasteiger partial charge in [-0.3, -0.25) is 10.1 Å². The molecule has 14 heteroatoms. The highest BCUT2D eigenvalue weighted by molar-refractivity contribution is 5.99. The van der Waals surface area contributed by atoms with Crippen LogP contribution in [0.15, 0.2) is 95.3 Å². The van der Waals surface area contributed by atoms with Crippen LogP contribution in [0.3, 0.4) is 0 Å². The van der Waals surface area contributed by atoms with Gasteiger partial charge in [0.15, 0.2) is 0 Å². The van der Waals surface area contributed by atoms with Gasteiger partial charge >= 0.3 is 11.9 Å². The van der Waals surface area contributed by atoms with E-state index in [2.05, 4.69) is 10.6 Å². The summed E-state index contributed by atoms with van der Waals surface area (Å²) in [5, 5.41) is 28.2. The number of ether oxygens (including phenoxy) is 6. The number of aliphatic hydroxyl groups is 1. The molecule has 3 N–H and O–H groups in total. The van der Waals surface area contributed by atoms with Gasteiger partial charge in [0.1, 0.15) is 37.4 Å². The molecule has 2 atom stereocenters. The van der Waals surface area contributed by atoms with Crippen LogP contribution < -0.4 is 20.1 Å². The van der Waals surface area contributed by atoms with Crippen LogP contribution in [0, 0.1) is 10.1 Å². The zero-order chi connectivity index (χ0) is 39.7. The van der Waals surface area contributed by atoms with Crippen molar-refractivity contribution in [2.75, 3.05) is 53.2 Å². The van der Waals surface area contributed by atoms with E-state index in [-0.39, 0.29) is 42.8 Å². The molecule has 0 saturated heterocycles. The molecule has 0 aromatic heterocycles. The molecule has 0 spiro atoms. The summed E-state index contributed by atoms with van der Waals surface area (Å²) in [5.74, 6) is -1.07. The Morgan fingerprint density at radius 1 is 0.873 bits per heavy atom. The van der Waals surface area contributed by atoms with Gasteiger partial charge in [0.2, 0.25) is 0 Å². The maximum atomic E-state index is 13.5. The first-order valence-corrected chi connectivity index (χ1v) is 18.2. The minimum Gasteiger partial charge on any atom is -0.491 e. The number of allylic oxidation sites excluding steroid dienone is 2. The molecular weight excluding hydrogens is 710 g/mol. The van der Waals surface area contributed by atoms with E-state index in [4.69, 9.17) is 28.4 Å². The third-order valence-electron chi connectivity index (χ3n) is 8.57. The summed E-state index contributed by atoms with van der Waals surface area (Å²) in [6.07, 6.45) is 0.170. The fourth-order valence-electron chi connectivity index (χ4n) is 5.93. The number of carbonyl (C=O) groups excluding carboxylic acids is 2. The standard InChI is InChI=1S/C41H51N3O11/c1-27(2)52-19-18-51-25-31-12-14-35(15-13-31)55-26-34(45)24-42-17-16-30-8-6-11-36(22-30)53-20-21-54-41(47)38-29(4)43-28(3)37(40(46)50-5)39(38)32-9-7-10-33(23-32)44(48)49/h6-15,22-23,27,34,39,42-43,45H,16-21,24-26H2,1-5H3. The van der Waals surface area contributed by atoms with Gasteiger partial charge in [-0.15, -0.1) is 0 Å². The average molecular weight is 762 g/mol. The number of dihydropyridines is 1. The van der Waals surface area contributed by atoms with E-state index in [9.17, 15) is 24.8 Å². The van der Waals surface area contributed by atoms with Crippen molar-refractivity contribution in [3.8, 4) is 11.5 Å². The molecule has 3 aromatic rings. The summed E-state index contributed by atoms with van der Waals surface area (Å²) >= 11 is 0. The number of nitro benzene ring substituents is 1. The highest BCUT2D eigenvalue weighted by Crippen LogP contribution is 2.40. The van der Waals surface area contributed by atoms with Gasteiger partial charge in [0.25, 0.3) is 5.69 Å². The zero-order valence-electron chi connectivity index (χ0n) is 32.0. The molecular formula is C41H51N3O11. The Morgan fingerprint density at radius 2 is 1.60 bits per heavy atom. The van der Waals surface area contributed by atoms with Crippen LogP contribution in [0.4, 0.5) is 5.69 Å². The number of esters is 2. The normalized spacial score (nSPS) is 14.7. The summed E-state index contributed by atoms with van der Waals surface area (Å²) in [6.45, 7) is 9.99. The summed E-state index contributed by atoms with van der Waals surface area (Å²) < 4.78 is 33.3. The number of nitrogens with zero attached hydrogens (tertiary/aromatic N) is 1. The highest BCUT2D eigenvalue weighted by atomic mass is 16.6. The zero-order valence-corrected chi connectivity index (χ0v) is 32.0. The smallest absolute Gasteiger partial charge is 0.336 e. The van der Waals surface area contributed by atoms with Crippen molar-refractivity contribution in [3.63, 3.8) is 0 Å². The minimum atomic E-state index is -0.954. The first-order chi connectivity index (χ1) is 26.5. The van der Waals surface area contributed by atoms with Crippen molar-refractivity contribution < 1.29 is 48.0 Å². The van der Waals surface area contributed by atoms with Crippen LogP contribution in [0.1, 0.15) is 50.3 Å². The van der Waals surface area contributed by atoms with E-state index in [1.165, 1.54) is 25.3 Å². The van der Waals surface area contributed by atoms with Crippen molar-refractivity contribution in [2.45, 2.75) is 58.8 Å². The van der Waals surface area contributed by atoms with Crippen molar-refractivity contribution in [1.29, 1.82) is 0 Å². The number of carbonyl (C=O) groups is 2. The fraction of sp³-hybridized carbons (Fsp3) is 0.415. The summed E-state index contributed by atoms with van der Waals surface area (Å²) in [5.41, 5.74) is 3.43. The van der Waals surface area contributed by atoms with E-state index in [0.717, 1.165) is 11.1 Å². The maximum absolute atomic E-state index is 13.5. The van der Waals surface area contributed by atoms with E-state index in [1.54, 1.807) is 26.0 Å². The molecule has 0 bridgehead atoms. The number of benzene rings is 3. The molecule has 1 aliphatic rings. The summed E-state index contributed by atoms with van der Waals surface area (Å²) in [7, 11) is 1.23. The second-order valence-corrected chi connectivity index (χ2v) is 13.1. The number of aliphatic hydroxyl groups excluding tert-OH is 1. The Hall–Kier alpha value is -5.28. The molecule has 0 fully saturated rings. The molecule has 0 amide bonds. The maximum Gasteiger partial charge on any atom is 0.336 e. The molecule has 0 saturated carbocycles. The predicted molar refractivity (Wildman–Crippen MR) is 205 cm³/mol. The fourth-order valence-corrected chi connectivity index (χ4v) is 5.93. The lowest BCUT2D eigenvalue weighted by molar-refractivity contribution is -0.384. The quantitative estimate of drug-likeness (QED) is 0.0532. The van der Waals surface area contributed by atoms with E-state index >= 15 is 0 Å². The van der Waals surface area contributed by atoms with Gasteiger partial charge in [0, 0.05) is 30.1 Å². The topological polar surface area (TPSA) is 177 Å². The largest absolute Gasteiger partial charge is 0.491 e. The first kappa shape index (κ1) is 42.5. The Morgan fingerprint density at radius 3 is 2.31 bits per heavy atom. The SMILES string of the molecule is COC(=O)C1=C(C)NC(C)=C(C(=O)OCCOc2cccc(CCNCC(O)COc3ccc(COCCOC(C)C)cc3)c2)C1c1cccc([N+](=O)[O-])c1. The number of non-ortho nitro benzene ring substituents is 1. The van der Waals surface area contributed by atoms with E-state index < -0.39 is 28.9 Å². The summed E-state index contributed by atoms with van der Waals surface area (Å²) in [6, 6.07) is 20.9. The molecule has 0 aliphatic carbocycles. The number of nitrogens with one attached hydrogen (secondary N) is 2. The molecule has 1 heterocycles. The van der Waals surface area contributed by atoms with Crippen molar-refractivity contribution in [2.24, 2.45) is 0 Å². The predicted octanol–water partition coefficient (Wildman–Crippen LogP) is 5.14. The lowest BCUT2D eigenvalue weighted by atomic mass is 9.80. The Labute approximate surface area is 321 Å². The van der Waals surface area contributed by atoms with Gasteiger partial charge < -0.3 is 44.2 Å². The van der Waals surface area contributed by atoms with Crippen LogP contribution in [0.25, 0.3) is 0 Å². The lowest BCUT2D eigenvalue weighted by Crippen LogP contribution is -2.32. The lowest BCUT2D eigenvalue weighted by Gasteiger charge is -2.30. The van der Waals surface area contributed by atoms with Gasteiger partial charge in [-0.1, -0.05) is 36.4 Å². The van der Waals surface area contributed by atoms with Crippen LogP contribution in [0.5, 0.6) is 11.5 Å². The molecule has 55 heavy (non-hydrogen) atoms. The van der Waals surface area contributed by atoms with E-state index in [1.807, 2.05) is 56.3 Å². The number of hydrogen-bond donors (Lipinski definition) is 3. The minimum absolute atomic E-state index is 0.0595. The van der Waals surface area contributed by atoms with Gasteiger partial charge in [-0.2, -0.15) is 0 Å². The monoisotopic (exact) mass is 761 g/mol. The van der Waals surface area contributed by atoms with Crippen molar-refractivity contribution in [3.05, 3.63) is 122 Å². The first-order valence-electron chi connectivity index (χ1n) is 18.2. The molecule has 14 nitrogen and oxygen atoms in total. The molecule has 4 rings (SSSR count). The molecule has 3 aromatic carbocycles. The number of methoxy groups -OCH3 is 1. The van der Waals surface area contributed by atoms with Crippen LogP contribution in [-0.4, -0.2) is 87.4 Å². The van der Waals surface area contributed by atoms with Crippen molar-refractivity contribution in [1.82, 2.24) is 10.6 Å². The molecule has 2 unspecified atom stereocenters. The number of nitro groups is 1. The summed E-state index contributed by atoms with van der Waals surface area (Å²) in [4.78, 5) is 37.3. The highest BCUT2D eigenvalue weighted by Gasteiger charge is 2.38. The van der Waals surface area contributed by atoms with Gasteiger partial charge in [-0.05, 0) is 81.6 Å². The van der Waals surface area contributed by atoms with Gasteiger partial charge in [0.05, 0.1) is 55.0 Å². The second-order valence-electron chi connectivity index (χ2n) is 13.1.